The van der Waals surface area contributed by atoms with Gasteiger partial charge in [0.1, 0.15) is 0 Å². The summed E-state index contributed by atoms with van der Waals surface area (Å²) >= 11 is 3.28. The zero-order chi connectivity index (χ0) is 20.3. The topological polar surface area (TPSA) is 78.0 Å². The van der Waals surface area contributed by atoms with Gasteiger partial charge in [0.05, 0.1) is 11.4 Å². The lowest BCUT2D eigenvalue weighted by Gasteiger charge is -2.36. The number of nitrogens with zero attached hydrogens (tertiary/aromatic N) is 3. The molecule has 0 unspecified atom stereocenters. The molecular weight excluding hydrogens is 446 g/mol. The molecular formula is C19H26BrN3O4S. The van der Waals surface area contributed by atoms with E-state index in [9.17, 15) is 18.0 Å². The third-order valence-corrected chi connectivity index (χ3v) is 7.87. The molecule has 0 radical (unpaired) electrons. The molecule has 154 valence electrons. The van der Waals surface area contributed by atoms with E-state index in [1.54, 1.807) is 17.0 Å². The summed E-state index contributed by atoms with van der Waals surface area (Å²) in [6, 6.07) is 6.33. The van der Waals surface area contributed by atoms with E-state index < -0.39 is 10.0 Å². The highest BCUT2D eigenvalue weighted by Gasteiger charge is 2.31. The molecule has 28 heavy (non-hydrogen) atoms. The molecule has 0 bridgehead atoms. The average molecular weight is 472 g/mol. The van der Waals surface area contributed by atoms with Crippen LogP contribution in [0, 0.1) is 5.92 Å². The highest BCUT2D eigenvalue weighted by molar-refractivity contribution is 9.10. The molecule has 0 aromatic heterocycles. The molecule has 2 aliphatic rings. The number of benzene rings is 1. The molecule has 0 atom stereocenters. The molecule has 1 aliphatic carbocycles. The van der Waals surface area contributed by atoms with Gasteiger partial charge in [0.2, 0.25) is 21.8 Å². The SMILES string of the molecule is CN(CC(=O)N1CCN(C(=O)C2CCCC2)CC1)S(=O)(=O)c1ccc(Br)cc1. The summed E-state index contributed by atoms with van der Waals surface area (Å²) in [7, 11) is -2.31. The summed E-state index contributed by atoms with van der Waals surface area (Å²) in [5.74, 6) is 0.111. The van der Waals surface area contributed by atoms with Crippen LogP contribution in [0.15, 0.2) is 33.6 Å². The van der Waals surface area contributed by atoms with E-state index in [0.717, 1.165) is 34.5 Å². The van der Waals surface area contributed by atoms with Crippen LogP contribution in [0.25, 0.3) is 0 Å². The lowest BCUT2D eigenvalue weighted by molar-refractivity contribution is -0.142. The number of hydrogen-bond donors (Lipinski definition) is 0. The van der Waals surface area contributed by atoms with Gasteiger partial charge in [-0.25, -0.2) is 8.42 Å². The smallest absolute Gasteiger partial charge is 0.243 e. The molecule has 0 spiro atoms. The molecule has 1 saturated heterocycles. The molecule has 1 aromatic rings. The Morgan fingerprint density at radius 1 is 1.04 bits per heavy atom. The van der Waals surface area contributed by atoms with E-state index in [1.807, 2.05) is 4.90 Å². The second-order valence-electron chi connectivity index (χ2n) is 7.40. The van der Waals surface area contributed by atoms with Gasteiger partial charge >= 0.3 is 0 Å². The lowest BCUT2D eigenvalue weighted by atomic mass is 10.1. The number of rotatable bonds is 5. The van der Waals surface area contributed by atoms with Gasteiger partial charge in [0.15, 0.2) is 0 Å². The van der Waals surface area contributed by atoms with Crippen LogP contribution in [0.2, 0.25) is 0 Å². The number of sulfonamides is 1. The number of carbonyl (C=O) groups is 2. The predicted octanol–water partition coefficient (Wildman–Crippen LogP) is 1.93. The van der Waals surface area contributed by atoms with Crippen molar-refractivity contribution in [3.05, 3.63) is 28.7 Å². The van der Waals surface area contributed by atoms with Gasteiger partial charge in [-0.15, -0.1) is 0 Å². The van der Waals surface area contributed by atoms with E-state index in [2.05, 4.69) is 15.9 Å². The maximum absolute atomic E-state index is 12.6. The molecule has 9 heteroatoms. The highest BCUT2D eigenvalue weighted by Crippen LogP contribution is 2.27. The predicted molar refractivity (Wildman–Crippen MR) is 109 cm³/mol. The van der Waals surface area contributed by atoms with Crippen LogP contribution < -0.4 is 0 Å². The van der Waals surface area contributed by atoms with Crippen molar-refractivity contribution in [2.75, 3.05) is 39.8 Å². The Kier molecular flexibility index (Phi) is 6.77. The molecule has 1 saturated carbocycles. The number of amides is 2. The van der Waals surface area contributed by atoms with Gasteiger partial charge < -0.3 is 9.80 Å². The van der Waals surface area contributed by atoms with Crippen LogP contribution in [0.1, 0.15) is 25.7 Å². The second-order valence-corrected chi connectivity index (χ2v) is 10.4. The van der Waals surface area contributed by atoms with Crippen molar-refractivity contribution < 1.29 is 18.0 Å². The summed E-state index contributed by atoms with van der Waals surface area (Å²) in [5.41, 5.74) is 0. The zero-order valence-electron chi connectivity index (χ0n) is 16.0. The standard InChI is InChI=1S/C19H26BrN3O4S/c1-21(28(26,27)17-8-6-16(20)7-9-17)14-18(24)22-10-12-23(13-11-22)19(25)15-4-2-3-5-15/h6-9,15H,2-5,10-14H2,1H3. The minimum Gasteiger partial charge on any atom is -0.339 e. The number of piperazine rings is 1. The van der Waals surface area contributed by atoms with Gasteiger partial charge in [-0.3, -0.25) is 9.59 Å². The minimum atomic E-state index is -3.72. The Labute approximate surface area is 174 Å². The number of carbonyl (C=O) groups excluding carboxylic acids is 2. The minimum absolute atomic E-state index is 0.143. The maximum atomic E-state index is 12.6. The fourth-order valence-electron chi connectivity index (χ4n) is 3.77. The fraction of sp³-hybridized carbons (Fsp3) is 0.579. The Morgan fingerprint density at radius 3 is 2.14 bits per heavy atom. The van der Waals surface area contributed by atoms with Crippen LogP contribution in [-0.4, -0.2) is 74.1 Å². The summed E-state index contributed by atoms with van der Waals surface area (Å²) in [6.45, 7) is 1.72. The number of likely N-dealkylation sites (N-methyl/N-ethyl adjacent to an activating group) is 1. The van der Waals surface area contributed by atoms with Crippen molar-refractivity contribution in [3.63, 3.8) is 0 Å². The Morgan fingerprint density at radius 2 is 1.57 bits per heavy atom. The Hall–Kier alpha value is -1.45. The van der Waals surface area contributed by atoms with E-state index in [1.165, 1.54) is 19.2 Å². The number of hydrogen-bond acceptors (Lipinski definition) is 4. The van der Waals surface area contributed by atoms with Crippen LogP contribution in [0.4, 0.5) is 0 Å². The van der Waals surface area contributed by atoms with Crippen LogP contribution in [0.5, 0.6) is 0 Å². The molecule has 1 heterocycles. The molecule has 7 nitrogen and oxygen atoms in total. The highest BCUT2D eigenvalue weighted by atomic mass is 79.9. The third-order valence-electron chi connectivity index (χ3n) is 5.53. The maximum Gasteiger partial charge on any atom is 0.243 e. The fourth-order valence-corrected chi connectivity index (χ4v) is 5.15. The molecule has 2 fully saturated rings. The van der Waals surface area contributed by atoms with Crippen LogP contribution in [0.3, 0.4) is 0 Å². The molecule has 1 aromatic carbocycles. The molecule has 1 aliphatic heterocycles. The van der Waals surface area contributed by atoms with Crippen molar-refractivity contribution in [1.29, 1.82) is 0 Å². The zero-order valence-corrected chi connectivity index (χ0v) is 18.4. The summed E-state index contributed by atoms with van der Waals surface area (Å²) in [6.07, 6.45) is 4.18. The Balaban J connectivity index is 1.53. The van der Waals surface area contributed by atoms with Crippen LogP contribution >= 0.6 is 15.9 Å². The van der Waals surface area contributed by atoms with Gasteiger partial charge in [0.25, 0.3) is 0 Å². The van der Waals surface area contributed by atoms with Gasteiger partial charge in [-0.1, -0.05) is 28.8 Å². The first-order valence-corrected chi connectivity index (χ1v) is 11.8. The average Bonchev–Trinajstić information content (AvgIpc) is 3.22. The lowest BCUT2D eigenvalue weighted by Crippen LogP contribution is -2.53. The molecule has 3 rings (SSSR count). The van der Waals surface area contributed by atoms with Gasteiger partial charge in [-0.2, -0.15) is 4.31 Å². The van der Waals surface area contributed by atoms with Crippen molar-refractivity contribution in [3.8, 4) is 0 Å². The van der Waals surface area contributed by atoms with Gasteiger partial charge in [-0.05, 0) is 37.1 Å². The summed E-state index contributed by atoms with van der Waals surface area (Å²) < 4.78 is 27.1. The largest absolute Gasteiger partial charge is 0.339 e. The first-order chi connectivity index (χ1) is 13.3. The quantitative estimate of drug-likeness (QED) is 0.656. The van der Waals surface area contributed by atoms with Crippen molar-refractivity contribution in [2.24, 2.45) is 5.92 Å². The van der Waals surface area contributed by atoms with Crippen LogP contribution in [-0.2, 0) is 19.6 Å². The first-order valence-electron chi connectivity index (χ1n) is 9.57. The van der Waals surface area contributed by atoms with E-state index in [4.69, 9.17) is 0 Å². The summed E-state index contributed by atoms with van der Waals surface area (Å²) in [5, 5.41) is 0. The van der Waals surface area contributed by atoms with Crippen molar-refractivity contribution in [1.82, 2.24) is 14.1 Å². The van der Waals surface area contributed by atoms with Gasteiger partial charge in [0, 0.05) is 43.6 Å². The Bertz CT molecular complexity index is 814. The molecule has 2 amide bonds. The second kappa shape index (κ2) is 8.92. The third kappa shape index (κ3) is 4.75. The number of halogens is 1. The summed E-state index contributed by atoms with van der Waals surface area (Å²) in [4.78, 5) is 28.7. The van der Waals surface area contributed by atoms with E-state index in [0.29, 0.717) is 26.2 Å². The van der Waals surface area contributed by atoms with Crippen molar-refractivity contribution in [2.45, 2.75) is 30.6 Å². The monoisotopic (exact) mass is 471 g/mol. The molecule has 0 N–H and O–H groups in total. The van der Waals surface area contributed by atoms with E-state index in [-0.39, 0.29) is 29.2 Å². The first kappa shape index (κ1) is 21.3. The van der Waals surface area contributed by atoms with E-state index >= 15 is 0 Å². The normalized spacial score (nSPS) is 18.7. The van der Waals surface area contributed by atoms with Crippen molar-refractivity contribution >= 4 is 37.8 Å².